The number of nitrogens with one attached hydrogen (secondary N) is 1. The molecule has 7 heteroatoms. The topological polar surface area (TPSA) is 78.9 Å². The maximum absolute atomic E-state index is 13.9. The zero-order valence-electron chi connectivity index (χ0n) is 17.5. The van der Waals surface area contributed by atoms with Gasteiger partial charge in [-0.25, -0.2) is 0 Å². The van der Waals surface area contributed by atoms with Crippen molar-refractivity contribution in [3.8, 4) is 5.75 Å². The smallest absolute Gasteiger partial charge is 0.247 e. The lowest BCUT2D eigenvalue weighted by atomic mass is 9.77. The van der Waals surface area contributed by atoms with Crippen molar-refractivity contribution in [1.82, 2.24) is 4.90 Å². The van der Waals surface area contributed by atoms with E-state index < -0.39 is 17.6 Å². The second kappa shape index (κ2) is 8.89. The highest BCUT2D eigenvalue weighted by molar-refractivity contribution is 6.33. The molecule has 1 saturated carbocycles. The Balaban J connectivity index is 1.61. The summed E-state index contributed by atoms with van der Waals surface area (Å²) in [4.78, 5) is 28.5. The molecular weight excluding hydrogens is 416 g/mol. The molecule has 2 aromatic carbocycles. The van der Waals surface area contributed by atoms with Gasteiger partial charge in [0.2, 0.25) is 11.8 Å². The van der Waals surface area contributed by atoms with E-state index in [0.717, 1.165) is 37.0 Å². The fourth-order valence-corrected chi connectivity index (χ4v) is 5.04. The molecule has 0 bridgehead atoms. The first-order valence-electron chi connectivity index (χ1n) is 10.6. The molecule has 0 aromatic heterocycles. The number of carbonyl (C=O) groups is 2. The molecule has 31 heavy (non-hydrogen) atoms. The van der Waals surface area contributed by atoms with Crippen LogP contribution in [0.15, 0.2) is 48.5 Å². The minimum absolute atomic E-state index is 0.0916. The van der Waals surface area contributed by atoms with E-state index in [1.807, 2.05) is 24.3 Å². The number of hydrogen-bond donors (Lipinski definition) is 2. The predicted octanol–water partition coefficient (Wildman–Crippen LogP) is 3.76. The van der Waals surface area contributed by atoms with Crippen LogP contribution in [0.4, 0.5) is 5.69 Å². The molecule has 2 aliphatic rings. The largest absolute Gasteiger partial charge is 0.497 e. The second-order valence-electron chi connectivity index (χ2n) is 8.35. The first-order valence-corrected chi connectivity index (χ1v) is 11.0. The summed E-state index contributed by atoms with van der Waals surface area (Å²) in [5.41, 5.74) is 0.746. The Bertz CT molecular complexity index is 956. The van der Waals surface area contributed by atoms with Crippen LogP contribution in [0.2, 0.25) is 5.02 Å². The van der Waals surface area contributed by atoms with Crippen LogP contribution in [0.25, 0.3) is 0 Å². The number of methoxy groups -OCH3 is 1. The number of aliphatic hydroxyl groups excluding tert-OH is 1. The van der Waals surface area contributed by atoms with Crippen molar-refractivity contribution in [1.29, 1.82) is 0 Å². The van der Waals surface area contributed by atoms with E-state index in [4.69, 9.17) is 16.3 Å². The molecule has 6 nitrogen and oxygen atoms in total. The molecule has 1 saturated heterocycles. The van der Waals surface area contributed by atoms with Gasteiger partial charge < -0.3 is 20.1 Å². The second-order valence-corrected chi connectivity index (χ2v) is 8.76. The Morgan fingerprint density at radius 1 is 1.13 bits per heavy atom. The van der Waals surface area contributed by atoms with Crippen molar-refractivity contribution in [2.75, 3.05) is 19.0 Å². The van der Waals surface area contributed by atoms with Gasteiger partial charge in [0, 0.05) is 13.0 Å². The highest BCUT2D eigenvalue weighted by atomic mass is 35.5. The fraction of sp³-hybridized carbons (Fsp3) is 0.417. The summed E-state index contributed by atoms with van der Waals surface area (Å²) in [6.45, 7) is 0.150. The van der Waals surface area contributed by atoms with Crippen LogP contribution in [0, 0.1) is 0 Å². The minimum atomic E-state index is -0.741. The van der Waals surface area contributed by atoms with Crippen molar-refractivity contribution in [2.24, 2.45) is 0 Å². The number of aliphatic hydroxyl groups is 1. The summed E-state index contributed by atoms with van der Waals surface area (Å²) in [6.07, 6.45) is 2.82. The highest BCUT2D eigenvalue weighted by Gasteiger charge is 2.50. The standard InChI is InChI=1S/C24H27ClN2O4/c1-31-18-10-8-16(9-11-18)24(12-4-5-13-24)23(30)27-15-17(28)14-21(27)22(29)26-20-7-3-2-6-19(20)25/h2-3,6-11,17,21,28H,4-5,12-15H2,1H3,(H,26,29)/t17-,21+/m0/s1. The van der Waals surface area contributed by atoms with Crippen LogP contribution in [0.3, 0.4) is 0 Å². The van der Waals surface area contributed by atoms with Gasteiger partial charge in [-0.2, -0.15) is 0 Å². The summed E-state index contributed by atoms with van der Waals surface area (Å²) >= 11 is 6.18. The maximum Gasteiger partial charge on any atom is 0.247 e. The number of halogens is 1. The number of anilines is 1. The Labute approximate surface area is 187 Å². The Hall–Kier alpha value is -2.57. The van der Waals surface area contributed by atoms with Gasteiger partial charge in [-0.05, 0) is 42.7 Å². The number of hydrogen-bond acceptors (Lipinski definition) is 4. The van der Waals surface area contributed by atoms with E-state index in [0.29, 0.717) is 10.7 Å². The number of β-amino-alcohol motifs (C(OH)–C–C–N with tert-alkyl or cyclic N) is 1. The Morgan fingerprint density at radius 2 is 1.81 bits per heavy atom. The van der Waals surface area contributed by atoms with Gasteiger partial charge in [0.1, 0.15) is 11.8 Å². The van der Waals surface area contributed by atoms with Crippen molar-refractivity contribution in [2.45, 2.75) is 49.7 Å². The molecule has 2 aromatic rings. The quantitative estimate of drug-likeness (QED) is 0.739. The van der Waals surface area contributed by atoms with Gasteiger partial charge in [0.25, 0.3) is 0 Å². The van der Waals surface area contributed by atoms with Gasteiger partial charge in [0.15, 0.2) is 0 Å². The number of para-hydroxylation sites is 1. The molecule has 1 aliphatic carbocycles. The molecule has 4 rings (SSSR count). The van der Waals surface area contributed by atoms with Crippen LogP contribution < -0.4 is 10.1 Å². The lowest BCUT2D eigenvalue weighted by Crippen LogP contribution is -2.51. The lowest BCUT2D eigenvalue weighted by Gasteiger charge is -2.35. The third-order valence-corrected chi connectivity index (χ3v) is 6.81. The predicted molar refractivity (Wildman–Crippen MR) is 119 cm³/mol. The van der Waals surface area contributed by atoms with E-state index in [-0.39, 0.29) is 24.8 Å². The molecule has 164 valence electrons. The molecule has 2 N–H and O–H groups in total. The number of rotatable bonds is 5. The molecule has 1 heterocycles. The van der Waals surface area contributed by atoms with E-state index in [1.54, 1.807) is 36.3 Å². The van der Waals surface area contributed by atoms with E-state index in [1.165, 1.54) is 0 Å². The monoisotopic (exact) mass is 442 g/mol. The number of amides is 2. The van der Waals surface area contributed by atoms with Crippen molar-refractivity contribution in [3.05, 3.63) is 59.1 Å². The molecular formula is C24H27ClN2O4. The number of benzene rings is 2. The van der Waals surface area contributed by atoms with Crippen molar-refractivity contribution in [3.63, 3.8) is 0 Å². The van der Waals surface area contributed by atoms with Gasteiger partial charge in [0.05, 0.1) is 29.3 Å². The fourth-order valence-electron chi connectivity index (χ4n) is 4.85. The first-order chi connectivity index (χ1) is 14.9. The zero-order chi connectivity index (χ0) is 22.0. The number of carbonyl (C=O) groups excluding carboxylic acids is 2. The third-order valence-electron chi connectivity index (χ3n) is 6.48. The third kappa shape index (κ3) is 4.14. The van der Waals surface area contributed by atoms with Gasteiger partial charge in [-0.15, -0.1) is 0 Å². The van der Waals surface area contributed by atoms with Crippen LogP contribution in [0.1, 0.15) is 37.7 Å². The van der Waals surface area contributed by atoms with Gasteiger partial charge >= 0.3 is 0 Å². The maximum atomic E-state index is 13.9. The Kier molecular flexibility index (Phi) is 6.21. The number of ether oxygens (including phenoxy) is 1. The van der Waals surface area contributed by atoms with E-state index in [9.17, 15) is 14.7 Å². The molecule has 0 radical (unpaired) electrons. The highest BCUT2D eigenvalue weighted by Crippen LogP contribution is 2.44. The summed E-state index contributed by atoms with van der Waals surface area (Å²) < 4.78 is 5.26. The normalized spacial score (nSPS) is 22.4. The van der Waals surface area contributed by atoms with E-state index in [2.05, 4.69) is 5.32 Å². The molecule has 0 spiro atoms. The molecule has 2 fully saturated rings. The first kappa shape index (κ1) is 21.7. The average Bonchev–Trinajstić information content (AvgIpc) is 3.43. The molecule has 2 amide bonds. The lowest BCUT2D eigenvalue weighted by molar-refractivity contribution is -0.141. The number of nitrogens with zero attached hydrogens (tertiary/aromatic N) is 1. The van der Waals surface area contributed by atoms with Gasteiger partial charge in [-0.1, -0.05) is 48.7 Å². The zero-order valence-corrected chi connectivity index (χ0v) is 18.3. The average molecular weight is 443 g/mol. The summed E-state index contributed by atoms with van der Waals surface area (Å²) in [6, 6.07) is 13.8. The van der Waals surface area contributed by atoms with Crippen molar-refractivity contribution < 1.29 is 19.4 Å². The SMILES string of the molecule is COc1ccc(C2(C(=O)N3C[C@@H](O)C[C@@H]3C(=O)Nc3ccccc3Cl)CCCC2)cc1. The van der Waals surface area contributed by atoms with Crippen LogP contribution in [0.5, 0.6) is 5.75 Å². The van der Waals surface area contributed by atoms with Gasteiger partial charge in [-0.3, -0.25) is 9.59 Å². The molecule has 0 unspecified atom stereocenters. The summed E-state index contributed by atoms with van der Waals surface area (Å²) in [5, 5.41) is 13.6. The van der Waals surface area contributed by atoms with E-state index >= 15 is 0 Å². The molecule has 2 atom stereocenters. The van der Waals surface area contributed by atoms with Crippen molar-refractivity contribution >= 4 is 29.1 Å². The Morgan fingerprint density at radius 3 is 2.45 bits per heavy atom. The molecule has 1 aliphatic heterocycles. The summed E-state index contributed by atoms with van der Waals surface area (Å²) in [7, 11) is 1.61. The van der Waals surface area contributed by atoms with Crippen LogP contribution in [-0.2, 0) is 15.0 Å². The van der Waals surface area contributed by atoms with Crippen LogP contribution in [-0.4, -0.2) is 47.6 Å². The minimum Gasteiger partial charge on any atom is -0.497 e. The summed E-state index contributed by atoms with van der Waals surface area (Å²) in [5.74, 6) is 0.310. The van der Waals surface area contributed by atoms with Crippen LogP contribution >= 0.6 is 11.6 Å². The number of likely N-dealkylation sites (tertiary alicyclic amines) is 1.